The van der Waals surface area contributed by atoms with Crippen LogP contribution in [0.1, 0.15) is 20.8 Å². The summed E-state index contributed by atoms with van der Waals surface area (Å²) in [7, 11) is -2.74. The van der Waals surface area contributed by atoms with Crippen molar-refractivity contribution in [3.05, 3.63) is 60.7 Å². The predicted octanol–water partition coefficient (Wildman–Crippen LogP) is 1.00. The third-order valence-corrected chi connectivity index (χ3v) is 10.2. The average molecular weight is 389 g/mol. The molecule has 1 fully saturated rings. The van der Waals surface area contributed by atoms with Crippen molar-refractivity contribution < 1.29 is 24.5 Å². The molecular weight excluding hydrogens is 360 g/mol. The summed E-state index contributed by atoms with van der Waals surface area (Å²) >= 11 is 0. The standard InChI is InChI=1S/C21H28O5Si/c1-21(2,3)27(15-10-6-4-7-11-15,16-12-8-5-9-13-16)25-14-17-18(22)19(23)20(24)26-17/h4-13,17-20,22-24H,14H2,1-3H3/t17-,18?,19+,20-/m1/s1. The molecule has 1 aliphatic rings. The van der Waals surface area contributed by atoms with E-state index in [1.165, 1.54) is 0 Å². The van der Waals surface area contributed by atoms with Gasteiger partial charge in [-0.15, -0.1) is 0 Å². The number of benzene rings is 2. The number of hydrogen-bond donors (Lipinski definition) is 3. The normalized spacial score (nSPS) is 26.3. The lowest BCUT2D eigenvalue weighted by molar-refractivity contribution is -0.132. The molecule has 0 saturated carbocycles. The van der Waals surface area contributed by atoms with Crippen LogP contribution in [0.3, 0.4) is 0 Å². The molecule has 27 heavy (non-hydrogen) atoms. The van der Waals surface area contributed by atoms with Crippen LogP contribution < -0.4 is 10.4 Å². The van der Waals surface area contributed by atoms with Crippen molar-refractivity contribution in [2.24, 2.45) is 0 Å². The van der Waals surface area contributed by atoms with Crippen molar-refractivity contribution in [3.8, 4) is 0 Å². The molecule has 2 aromatic carbocycles. The Morgan fingerprint density at radius 2 is 1.33 bits per heavy atom. The van der Waals surface area contributed by atoms with Gasteiger partial charge in [0.05, 0.1) is 6.61 Å². The van der Waals surface area contributed by atoms with Crippen LogP contribution in [-0.2, 0) is 9.16 Å². The van der Waals surface area contributed by atoms with Crippen molar-refractivity contribution in [2.45, 2.75) is 50.4 Å². The van der Waals surface area contributed by atoms with Crippen LogP contribution in [0.15, 0.2) is 60.7 Å². The molecule has 3 rings (SSSR count). The molecule has 2 aromatic rings. The first-order chi connectivity index (χ1) is 12.8. The third kappa shape index (κ3) is 3.74. The third-order valence-electron chi connectivity index (χ3n) is 5.22. The van der Waals surface area contributed by atoms with Crippen LogP contribution >= 0.6 is 0 Å². The molecule has 4 atom stereocenters. The highest BCUT2D eigenvalue weighted by Crippen LogP contribution is 2.37. The van der Waals surface area contributed by atoms with Gasteiger partial charge in [-0.1, -0.05) is 81.4 Å². The molecule has 1 aliphatic heterocycles. The zero-order chi connectivity index (χ0) is 19.7. The summed E-state index contributed by atoms with van der Waals surface area (Å²) in [6.07, 6.45) is -4.68. The quantitative estimate of drug-likeness (QED) is 0.666. The minimum absolute atomic E-state index is 0.0859. The SMILES string of the molecule is CC(C)(C)[Si](OC[C@H]1O[C@@H](O)[C@@H](O)C1O)(c1ccccc1)c1ccccc1. The van der Waals surface area contributed by atoms with Gasteiger partial charge in [0.25, 0.3) is 8.32 Å². The van der Waals surface area contributed by atoms with Gasteiger partial charge in [0, 0.05) is 0 Å². The van der Waals surface area contributed by atoms with Crippen molar-refractivity contribution in [3.63, 3.8) is 0 Å². The van der Waals surface area contributed by atoms with Gasteiger partial charge >= 0.3 is 0 Å². The van der Waals surface area contributed by atoms with E-state index < -0.39 is 32.9 Å². The Kier molecular flexibility index (Phi) is 5.86. The monoisotopic (exact) mass is 388 g/mol. The first-order valence-electron chi connectivity index (χ1n) is 9.22. The first-order valence-corrected chi connectivity index (χ1v) is 11.1. The smallest absolute Gasteiger partial charge is 0.261 e. The van der Waals surface area contributed by atoms with Gasteiger partial charge in [-0.05, 0) is 15.4 Å². The van der Waals surface area contributed by atoms with E-state index in [1.54, 1.807) is 0 Å². The number of hydrogen-bond acceptors (Lipinski definition) is 5. The van der Waals surface area contributed by atoms with E-state index in [0.717, 1.165) is 10.4 Å². The van der Waals surface area contributed by atoms with E-state index in [1.807, 2.05) is 36.4 Å². The van der Waals surface area contributed by atoms with Gasteiger partial charge in [-0.3, -0.25) is 0 Å². The topological polar surface area (TPSA) is 79.2 Å². The number of aliphatic hydroxyl groups excluding tert-OH is 3. The zero-order valence-corrected chi connectivity index (χ0v) is 16.9. The van der Waals surface area contributed by atoms with Gasteiger partial charge in [-0.2, -0.15) is 0 Å². The summed E-state index contributed by atoms with van der Waals surface area (Å²) in [6.45, 7) is 6.57. The minimum atomic E-state index is -2.74. The first kappa shape index (κ1) is 20.2. The summed E-state index contributed by atoms with van der Waals surface area (Å²) < 4.78 is 12.0. The molecule has 0 amide bonds. The highest BCUT2D eigenvalue weighted by Gasteiger charge is 2.51. The lowest BCUT2D eigenvalue weighted by Crippen LogP contribution is -2.67. The second-order valence-electron chi connectivity index (χ2n) is 8.02. The maximum Gasteiger partial charge on any atom is 0.261 e. The fourth-order valence-corrected chi connectivity index (χ4v) is 8.41. The molecule has 0 spiro atoms. The van der Waals surface area contributed by atoms with Crippen LogP contribution in [0.4, 0.5) is 0 Å². The van der Waals surface area contributed by atoms with Crippen LogP contribution in [0.2, 0.25) is 5.04 Å². The fourth-order valence-electron chi connectivity index (χ4n) is 3.84. The Labute approximate surface area is 161 Å². The predicted molar refractivity (Wildman–Crippen MR) is 106 cm³/mol. The Morgan fingerprint density at radius 1 is 0.852 bits per heavy atom. The summed E-state index contributed by atoms with van der Waals surface area (Å²) in [6, 6.07) is 20.3. The van der Waals surface area contributed by atoms with Gasteiger partial charge in [0.15, 0.2) is 6.29 Å². The van der Waals surface area contributed by atoms with Crippen molar-refractivity contribution >= 4 is 18.7 Å². The van der Waals surface area contributed by atoms with E-state index >= 15 is 0 Å². The summed E-state index contributed by atoms with van der Waals surface area (Å²) in [5.41, 5.74) is 0. The summed E-state index contributed by atoms with van der Waals surface area (Å²) in [5.74, 6) is 0. The highest BCUT2D eigenvalue weighted by atomic mass is 28.4. The van der Waals surface area contributed by atoms with Gasteiger partial charge in [-0.25, -0.2) is 0 Å². The van der Waals surface area contributed by atoms with E-state index in [2.05, 4.69) is 45.0 Å². The molecule has 0 bridgehead atoms. The number of rotatable bonds is 5. The van der Waals surface area contributed by atoms with Crippen molar-refractivity contribution in [1.82, 2.24) is 0 Å². The maximum atomic E-state index is 10.2. The molecule has 0 aliphatic carbocycles. The van der Waals surface area contributed by atoms with E-state index in [9.17, 15) is 15.3 Å². The molecule has 1 unspecified atom stereocenters. The largest absolute Gasteiger partial charge is 0.405 e. The van der Waals surface area contributed by atoms with Gasteiger partial charge < -0.3 is 24.5 Å². The fraction of sp³-hybridized carbons (Fsp3) is 0.429. The van der Waals surface area contributed by atoms with Crippen LogP contribution in [0.25, 0.3) is 0 Å². The van der Waals surface area contributed by atoms with Crippen LogP contribution in [0, 0.1) is 0 Å². The van der Waals surface area contributed by atoms with Crippen LogP contribution in [0.5, 0.6) is 0 Å². The summed E-state index contributed by atoms with van der Waals surface area (Å²) in [4.78, 5) is 0. The maximum absolute atomic E-state index is 10.2. The van der Waals surface area contributed by atoms with Gasteiger partial charge in [0.1, 0.15) is 18.3 Å². The zero-order valence-electron chi connectivity index (χ0n) is 15.9. The average Bonchev–Trinajstić information content (AvgIpc) is 2.90. The molecule has 0 aromatic heterocycles. The second-order valence-corrected chi connectivity index (χ2v) is 12.3. The summed E-state index contributed by atoms with van der Waals surface area (Å²) in [5, 5.41) is 31.7. The molecule has 1 saturated heterocycles. The molecule has 146 valence electrons. The molecule has 5 nitrogen and oxygen atoms in total. The number of aliphatic hydroxyl groups is 3. The van der Waals surface area contributed by atoms with E-state index in [4.69, 9.17) is 9.16 Å². The van der Waals surface area contributed by atoms with E-state index in [-0.39, 0.29) is 11.6 Å². The molecule has 6 heteroatoms. The highest BCUT2D eigenvalue weighted by molar-refractivity contribution is 6.99. The van der Waals surface area contributed by atoms with E-state index in [0.29, 0.717) is 0 Å². The Bertz CT molecular complexity index is 692. The van der Waals surface area contributed by atoms with Crippen molar-refractivity contribution in [1.29, 1.82) is 0 Å². The minimum Gasteiger partial charge on any atom is -0.405 e. The van der Waals surface area contributed by atoms with Crippen LogP contribution in [-0.4, -0.2) is 54.8 Å². The lowest BCUT2D eigenvalue weighted by Gasteiger charge is -2.43. The number of ether oxygens (including phenoxy) is 1. The Balaban J connectivity index is 2.02. The molecular formula is C21H28O5Si. The Hall–Kier alpha value is -1.54. The Morgan fingerprint density at radius 3 is 1.70 bits per heavy atom. The molecule has 3 N–H and O–H groups in total. The molecule has 0 radical (unpaired) electrons. The van der Waals surface area contributed by atoms with Crippen molar-refractivity contribution in [2.75, 3.05) is 6.61 Å². The molecule has 1 heterocycles. The van der Waals surface area contributed by atoms with Gasteiger partial charge in [0.2, 0.25) is 0 Å². The lowest BCUT2D eigenvalue weighted by atomic mass is 10.1. The second kappa shape index (κ2) is 7.83.